The number of likely N-dealkylation sites (tertiary alicyclic amines) is 1. The Bertz CT molecular complexity index is 1010. The van der Waals surface area contributed by atoms with Gasteiger partial charge in [-0.25, -0.2) is 4.39 Å². The van der Waals surface area contributed by atoms with Crippen LogP contribution in [-0.2, 0) is 13.6 Å². The van der Waals surface area contributed by atoms with Crippen LogP contribution in [0, 0.1) is 11.7 Å². The summed E-state index contributed by atoms with van der Waals surface area (Å²) in [5.74, 6) is 0.309. The number of hydrogen-bond donors (Lipinski definition) is 0. The summed E-state index contributed by atoms with van der Waals surface area (Å²) < 4.78 is 15.3. The lowest BCUT2D eigenvalue weighted by Gasteiger charge is -2.30. The van der Waals surface area contributed by atoms with E-state index in [0.29, 0.717) is 5.92 Å². The number of piperidine rings is 1. The monoisotopic (exact) mass is 376 g/mol. The zero-order chi connectivity index (χ0) is 19.5. The van der Waals surface area contributed by atoms with E-state index >= 15 is 0 Å². The predicted molar refractivity (Wildman–Crippen MR) is 111 cm³/mol. The van der Waals surface area contributed by atoms with E-state index in [9.17, 15) is 9.18 Å². The summed E-state index contributed by atoms with van der Waals surface area (Å²) in [4.78, 5) is 15.1. The highest BCUT2D eigenvalue weighted by atomic mass is 19.1. The summed E-state index contributed by atoms with van der Waals surface area (Å²) in [7, 11) is 1.97. The van der Waals surface area contributed by atoms with Gasteiger partial charge in [0, 0.05) is 36.3 Å². The minimum Gasteiger partial charge on any atom is -0.350 e. The molecular formula is C24H25FN2O. The number of carbonyl (C=O) groups is 1. The third-order valence-corrected chi connectivity index (χ3v) is 5.61. The van der Waals surface area contributed by atoms with Gasteiger partial charge in [-0.2, -0.15) is 0 Å². The molecule has 4 heteroatoms. The number of carbonyl (C=O) groups excluding carboxylic acids is 1. The Morgan fingerprint density at radius 1 is 1.14 bits per heavy atom. The minimum atomic E-state index is -0.178. The number of para-hydroxylation sites is 1. The topological polar surface area (TPSA) is 25.2 Å². The first-order valence-electron chi connectivity index (χ1n) is 9.83. The van der Waals surface area contributed by atoms with E-state index in [4.69, 9.17) is 0 Å². The van der Waals surface area contributed by atoms with E-state index < -0.39 is 0 Å². The van der Waals surface area contributed by atoms with Gasteiger partial charge in [0.25, 0.3) is 0 Å². The van der Waals surface area contributed by atoms with Gasteiger partial charge in [0.2, 0.25) is 0 Å². The Labute approximate surface area is 165 Å². The molecule has 0 unspecified atom stereocenters. The second-order valence-electron chi connectivity index (χ2n) is 7.64. The van der Waals surface area contributed by atoms with Crippen molar-refractivity contribution in [1.82, 2.24) is 9.47 Å². The summed E-state index contributed by atoms with van der Waals surface area (Å²) >= 11 is 0. The Kier molecular flexibility index (Phi) is 5.40. The van der Waals surface area contributed by atoms with E-state index in [1.165, 1.54) is 6.07 Å². The maximum Gasteiger partial charge on any atom is 0.187 e. The second kappa shape index (κ2) is 8.11. The largest absolute Gasteiger partial charge is 0.350 e. The highest BCUT2D eigenvalue weighted by molar-refractivity contribution is 6.13. The van der Waals surface area contributed by atoms with Crippen LogP contribution in [0.2, 0.25) is 0 Å². The lowest BCUT2D eigenvalue weighted by atomic mass is 9.95. The predicted octanol–water partition coefficient (Wildman–Crippen LogP) is 4.97. The van der Waals surface area contributed by atoms with Crippen molar-refractivity contribution in [2.45, 2.75) is 19.4 Å². The van der Waals surface area contributed by atoms with Gasteiger partial charge in [-0.15, -0.1) is 0 Å². The standard InChI is InChI=1S/C24H25FN2O/c1-26-17-22(21-7-2-3-8-23(21)26)24(28)10-9-18-11-13-27(14-12-18)16-19-5-4-6-20(25)15-19/h2-10,15,17-18H,11-14,16H2,1H3. The molecule has 3 nitrogen and oxygen atoms in total. The summed E-state index contributed by atoms with van der Waals surface area (Å²) in [5.41, 5.74) is 2.85. The highest BCUT2D eigenvalue weighted by Crippen LogP contribution is 2.23. The first kappa shape index (κ1) is 18.6. The lowest BCUT2D eigenvalue weighted by Crippen LogP contribution is -2.32. The fraction of sp³-hybridized carbons (Fsp3) is 0.292. The molecule has 4 rings (SSSR count). The van der Waals surface area contributed by atoms with E-state index in [-0.39, 0.29) is 11.6 Å². The molecule has 0 saturated carbocycles. The fourth-order valence-corrected chi connectivity index (χ4v) is 4.05. The molecule has 1 aromatic heterocycles. The van der Waals surface area contributed by atoms with Gasteiger partial charge < -0.3 is 4.57 Å². The molecule has 144 valence electrons. The van der Waals surface area contributed by atoms with Crippen molar-refractivity contribution in [3.8, 4) is 0 Å². The van der Waals surface area contributed by atoms with Gasteiger partial charge in [-0.1, -0.05) is 36.4 Å². The van der Waals surface area contributed by atoms with Crippen LogP contribution in [0.15, 0.2) is 66.9 Å². The highest BCUT2D eigenvalue weighted by Gasteiger charge is 2.18. The first-order chi connectivity index (χ1) is 13.6. The van der Waals surface area contributed by atoms with Gasteiger partial charge in [0.05, 0.1) is 0 Å². The molecule has 3 aromatic rings. The Morgan fingerprint density at radius 2 is 1.93 bits per heavy atom. The normalized spacial score (nSPS) is 16.2. The summed E-state index contributed by atoms with van der Waals surface area (Å²) in [6.07, 6.45) is 7.78. The van der Waals surface area contributed by atoms with Crippen molar-refractivity contribution in [2.75, 3.05) is 13.1 Å². The average Bonchev–Trinajstić information content (AvgIpc) is 3.04. The van der Waals surface area contributed by atoms with Gasteiger partial charge in [0.15, 0.2) is 5.78 Å². The molecule has 0 atom stereocenters. The second-order valence-corrected chi connectivity index (χ2v) is 7.64. The molecule has 0 N–H and O–H groups in total. The molecular weight excluding hydrogens is 351 g/mol. The number of allylic oxidation sites excluding steroid dienone is 2. The van der Waals surface area contributed by atoms with Crippen LogP contribution in [-0.4, -0.2) is 28.3 Å². The zero-order valence-corrected chi connectivity index (χ0v) is 16.1. The van der Waals surface area contributed by atoms with Crippen LogP contribution in [0.1, 0.15) is 28.8 Å². The van der Waals surface area contributed by atoms with Crippen molar-refractivity contribution in [1.29, 1.82) is 0 Å². The third-order valence-electron chi connectivity index (χ3n) is 5.61. The van der Waals surface area contributed by atoms with Crippen LogP contribution in [0.5, 0.6) is 0 Å². The van der Waals surface area contributed by atoms with E-state index in [1.807, 2.05) is 48.1 Å². The molecule has 0 amide bonds. The number of aryl methyl sites for hydroxylation is 1. The molecule has 0 spiro atoms. The maximum atomic E-state index is 13.3. The number of rotatable bonds is 5. The molecule has 1 saturated heterocycles. The van der Waals surface area contributed by atoms with Crippen molar-refractivity contribution >= 4 is 16.7 Å². The number of fused-ring (bicyclic) bond motifs is 1. The van der Waals surface area contributed by atoms with Crippen LogP contribution in [0.25, 0.3) is 10.9 Å². The minimum absolute atomic E-state index is 0.0685. The van der Waals surface area contributed by atoms with Crippen molar-refractivity contribution in [3.63, 3.8) is 0 Å². The molecule has 0 bridgehead atoms. The number of halogens is 1. The molecule has 0 aliphatic carbocycles. The molecule has 2 heterocycles. The van der Waals surface area contributed by atoms with Crippen LogP contribution < -0.4 is 0 Å². The van der Waals surface area contributed by atoms with E-state index in [1.54, 1.807) is 18.2 Å². The molecule has 0 radical (unpaired) electrons. The number of benzene rings is 2. The smallest absolute Gasteiger partial charge is 0.187 e. The lowest BCUT2D eigenvalue weighted by molar-refractivity contribution is 0.104. The number of hydrogen-bond acceptors (Lipinski definition) is 2. The Hall–Kier alpha value is -2.72. The van der Waals surface area contributed by atoms with Crippen molar-refractivity contribution in [2.24, 2.45) is 13.0 Å². The van der Waals surface area contributed by atoms with Crippen LogP contribution in [0.4, 0.5) is 4.39 Å². The van der Waals surface area contributed by atoms with E-state index in [0.717, 1.165) is 54.5 Å². The van der Waals surface area contributed by atoms with E-state index in [2.05, 4.69) is 11.0 Å². The van der Waals surface area contributed by atoms with Crippen molar-refractivity contribution < 1.29 is 9.18 Å². The van der Waals surface area contributed by atoms with Gasteiger partial charge in [-0.05, 0) is 61.7 Å². The van der Waals surface area contributed by atoms with Gasteiger partial charge in [0.1, 0.15) is 5.82 Å². The maximum absolute atomic E-state index is 13.3. The number of nitrogens with zero attached hydrogens (tertiary/aromatic N) is 2. The Balaban J connectivity index is 1.35. The first-order valence-corrected chi connectivity index (χ1v) is 9.83. The third kappa shape index (κ3) is 4.07. The number of aromatic nitrogens is 1. The molecule has 2 aromatic carbocycles. The van der Waals surface area contributed by atoms with Crippen LogP contribution in [0.3, 0.4) is 0 Å². The molecule has 1 aliphatic rings. The molecule has 1 aliphatic heterocycles. The van der Waals surface area contributed by atoms with Crippen LogP contribution >= 0.6 is 0 Å². The molecule has 28 heavy (non-hydrogen) atoms. The molecule has 1 fully saturated rings. The SMILES string of the molecule is Cn1cc(C(=O)C=CC2CCN(Cc3cccc(F)c3)CC2)c2ccccc21. The zero-order valence-electron chi connectivity index (χ0n) is 16.1. The van der Waals surface area contributed by atoms with Crippen molar-refractivity contribution in [3.05, 3.63) is 83.8 Å². The summed E-state index contributed by atoms with van der Waals surface area (Å²) in [6, 6.07) is 14.8. The Morgan fingerprint density at radius 3 is 2.71 bits per heavy atom. The summed E-state index contributed by atoms with van der Waals surface area (Å²) in [5, 5.41) is 1.00. The fourth-order valence-electron chi connectivity index (χ4n) is 4.05. The summed E-state index contributed by atoms with van der Waals surface area (Å²) in [6.45, 7) is 2.71. The number of ketones is 1. The quantitative estimate of drug-likeness (QED) is 0.464. The van der Waals surface area contributed by atoms with Gasteiger partial charge >= 0.3 is 0 Å². The van der Waals surface area contributed by atoms with Gasteiger partial charge in [-0.3, -0.25) is 9.69 Å². The average molecular weight is 376 g/mol.